The molecular weight excluding hydrogens is 386 g/mol. The van der Waals surface area contributed by atoms with E-state index in [0.717, 1.165) is 11.3 Å². The summed E-state index contributed by atoms with van der Waals surface area (Å²) in [4.78, 5) is 42.0. The Morgan fingerprint density at radius 2 is 1.73 bits per heavy atom. The predicted octanol–water partition coefficient (Wildman–Crippen LogP) is 1.33. The second-order valence-electron chi connectivity index (χ2n) is 6.91. The summed E-state index contributed by atoms with van der Waals surface area (Å²) in [6, 6.07) is 10.7. The molecule has 0 radical (unpaired) electrons. The molecule has 30 heavy (non-hydrogen) atoms. The highest BCUT2D eigenvalue weighted by Crippen LogP contribution is 2.24. The highest BCUT2D eigenvalue weighted by atomic mass is 16.5. The Bertz CT molecular complexity index is 916. The number of carbonyl (C=O) groups is 3. The van der Waals surface area contributed by atoms with E-state index in [-0.39, 0.29) is 37.4 Å². The third kappa shape index (κ3) is 7.51. The zero-order valence-corrected chi connectivity index (χ0v) is 17.6. The minimum absolute atomic E-state index is 0.00965. The summed E-state index contributed by atoms with van der Waals surface area (Å²) in [5, 5.41) is 7.93. The Balaban J connectivity index is 1.75. The molecule has 0 bridgehead atoms. The standard InChI is InChI=1S/C21H27N5O4/c1-14-8-9-17(30-4)16(10-14)24-19(27)11-22-20(28)12-26(3)13-21(29)25-18-7-5-6-15(2)23-18/h5-10H,11-13H2,1-4H3,(H,22,28)(H,24,27)(H,23,25,29). The van der Waals surface area contributed by atoms with Gasteiger partial charge in [-0.3, -0.25) is 19.3 Å². The van der Waals surface area contributed by atoms with E-state index in [1.807, 2.05) is 26.0 Å². The van der Waals surface area contributed by atoms with Crippen LogP contribution in [-0.2, 0) is 14.4 Å². The molecule has 0 aliphatic heterocycles. The van der Waals surface area contributed by atoms with Gasteiger partial charge >= 0.3 is 0 Å². The SMILES string of the molecule is COc1ccc(C)cc1NC(=O)CNC(=O)CN(C)CC(=O)Nc1cccc(C)n1. The van der Waals surface area contributed by atoms with Gasteiger partial charge in [0, 0.05) is 5.69 Å². The van der Waals surface area contributed by atoms with Crippen molar-refractivity contribution < 1.29 is 19.1 Å². The minimum Gasteiger partial charge on any atom is -0.495 e. The Labute approximate surface area is 175 Å². The molecule has 0 aliphatic rings. The Kier molecular flexibility index (Phi) is 8.30. The number of anilines is 2. The fraction of sp³-hybridized carbons (Fsp3) is 0.333. The number of likely N-dealkylation sites (N-methyl/N-ethyl adjacent to an activating group) is 1. The molecule has 0 aliphatic carbocycles. The molecule has 0 atom stereocenters. The lowest BCUT2D eigenvalue weighted by atomic mass is 10.2. The fourth-order valence-corrected chi connectivity index (χ4v) is 2.69. The molecule has 1 aromatic heterocycles. The van der Waals surface area contributed by atoms with Gasteiger partial charge < -0.3 is 20.7 Å². The summed E-state index contributed by atoms with van der Waals surface area (Å²) in [6.45, 7) is 3.52. The van der Waals surface area contributed by atoms with Gasteiger partial charge in [0.25, 0.3) is 0 Å². The van der Waals surface area contributed by atoms with Gasteiger partial charge in [-0.2, -0.15) is 0 Å². The quantitative estimate of drug-likeness (QED) is 0.572. The van der Waals surface area contributed by atoms with E-state index in [1.54, 1.807) is 36.2 Å². The Morgan fingerprint density at radius 1 is 1.00 bits per heavy atom. The molecule has 2 aromatic rings. The first-order chi connectivity index (χ1) is 14.3. The molecular formula is C21H27N5O4. The van der Waals surface area contributed by atoms with E-state index < -0.39 is 0 Å². The van der Waals surface area contributed by atoms with Gasteiger partial charge in [0.1, 0.15) is 11.6 Å². The molecule has 3 amide bonds. The smallest absolute Gasteiger partial charge is 0.243 e. The normalized spacial score (nSPS) is 10.4. The van der Waals surface area contributed by atoms with Crippen LogP contribution in [0.3, 0.4) is 0 Å². The third-order valence-corrected chi connectivity index (χ3v) is 4.06. The molecule has 0 spiro atoms. The molecule has 1 aromatic carbocycles. The van der Waals surface area contributed by atoms with Crippen LogP contribution in [-0.4, -0.2) is 61.4 Å². The zero-order valence-electron chi connectivity index (χ0n) is 17.6. The summed E-state index contributed by atoms with van der Waals surface area (Å²) in [5.74, 6) is -0.0357. The van der Waals surface area contributed by atoms with Crippen molar-refractivity contribution in [1.29, 1.82) is 0 Å². The van der Waals surface area contributed by atoms with Crippen molar-refractivity contribution in [2.24, 2.45) is 0 Å². The van der Waals surface area contributed by atoms with E-state index in [2.05, 4.69) is 20.9 Å². The van der Waals surface area contributed by atoms with Crippen molar-refractivity contribution in [2.45, 2.75) is 13.8 Å². The van der Waals surface area contributed by atoms with Crippen molar-refractivity contribution in [3.8, 4) is 5.75 Å². The van der Waals surface area contributed by atoms with E-state index >= 15 is 0 Å². The largest absolute Gasteiger partial charge is 0.495 e. The zero-order chi connectivity index (χ0) is 22.1. The minimum atomic E-state index is -0.377. The molecule has 0 fully saturated rings. The number of ether oxygens (including phenoxy) is 1. The number of methoxy groups -OCH3 is 1. The predicted molar refractivity (Wildman–Crippen MR) is 114 cm³/mol. The number of benzene rings is 1. The number of carbonyl (C=O) groups excluding carboxylic acids is 3. The van der Waals surface area contributed by atoms with Crippen LogP contribution in [0.5, 0.6) is 5.75 Å². The highest BCUT2D eigenvalue weighted by molar-refractivity contribution is 5.96. The first kappa shape index (κ1) is 22.8. The number of pyridine rings is 1. The van der Waals surface area contributed by atoms with Crippen LogP contribution in [0.2, 0.25) is 0 Å². The van der Waals surface area contributed by atoms with Crippen molar-refractivity contribution in [2.75, 3.05) is 44.4 Å². The molecule has 1 heterocycles. The van der Waals surface area contributed by atoms with Crippen LogP contribution in [0.15, 0.2) is 36.4 Å². The number of nitrogens with zero attached hydrogens (tertiary/aromatic N) is 2. The summed E-state index contributed by atoms with van der Waals surface area (Å²) in [5.41, 5.74) is 2.30. The van der Waals surface area contributed by atoms with Crippen molar-refractivity contribution in [1.82, 2.24) is 15.2 Å². The molecule has 0 unspecified atom stereocenters. The monoisotopic (exact) mass is 413 g/mol. The third-order valence-electron chi connectivity index (χ3n) is 4.06. The van der Waals surface area contributed by atoms with Gasteiger partial charge in [-0.15, -0.1) is 0 Å². The molecule has 0 saturated carbocycles. The van der Waals surface area contributed by atoms with Gasteiger partial charge in [0.2, 0.25) is 17.7 Å². The number of aromatic nitrogens is 1. The van der Waals surface area contributed by atoms with Gasteiger partial charge in [0.05, 0.1) is 32.4 Å². The number of aryl methyl sites for hydroxylation is 2. The molecule has 9 nitrogen and oxygen atoms in total. The average molecular weight is 413 g/mol. The summed E-state index contributed by atoms with van der Waals surface area (Å²) in [7, 11) is 3.16. The molecule has 0 saturated heterocycles. The van der Waals surface area contributed by atoms with Crippen molar-refractivity contribution in [3.63, 3.8) is 0 Å². The van der Waals surface area contributed by atoms with Crippen LogP contribution in [0.4, 0.5) is 11.5 Å². The van der Waals surface area contributed by atoms with Crippen molar-refractivity contribution in [3.05, 3.63) is 47.7 Å². The topological polar surface area (TPSA) is 113 Å². The van der Waals surface area contributed by atoms with E-state index in [9.17, 15) is 14.4 Å². The second-order valence-corrected chi connectivity index (χ2v) is 6.91. The van der Waals surface area contributed by atoms with Gasteiger partial charge in [-0.1, -0.05) is 12.1 Å². The molecule has 160 valence electrons. The fourth-order valence-electron chi connectivity index (χ4n) is 2.69. The highest BCUT2D eigenvalue weighted by Gasteiger charge is 2.13. The van der Waals surface area contributed by atoms with Crippen molar-refractivity contribution >= 4 is 29.2 Å². The van der Waals surface area contributed by atoms with Gasteiger partial charge in [0.15, 0.2) is 0 Å². The van der Waals surface area contributed by atoms with Crippen LogP contribution in [0.25, 0.3) is 0 Å². The number of hydrogen-bond donors (Lipinski definition) is 3. The van der Waals surface area contributed by atoms with Crippen LogP contribution in [0, 0.1) is 13.8 Å². The van der Waals surface area contributed by atoms with E-state index in [1.165, 1.54) is 7.11 Å². The Morgan fingerprint density at radius 3 is 2.43 bits per heavy atom. The first-order valence-electron chi connectivity index (χ1n) is 9.40. The van der Waals surface area contributed by atoms with E-state index in [4.69, 9.17) is 4.74 Å². The molecule has 2 rings (SSSR count). The molecule has 3 N–H and O–H groups in total. The maximum Gasteiger partial charge on any atom is 0.243 e. The second kappa shape index (κ2) is 10.9. The lowest BCUT2D eigenvalue weighted by molar-refractivity contribution is -0.125. The maximum atomic E-state index is 12.1. The summed E-state index contributed by atoms with van der Waals surface area (Å²) in [6.07, 6.45) is 0. The average Bonchev–Trinajstić information content (AvgIpc) is 2.66. The van der Waals surface area contributed by atoms with Crippen LogP contribution < -0.4 is 20.7 Å². The lowest BCUT2D eigenvalue weighted by Crippen LogP contribution is -2.41. The van der Waals surface area contributed by atoms with Crippen LogP contribution in [0.1, 0.15) is 11.3 Å². The van der Waals surface area contributed by atoms with E-state index in [0.29, 0.717) is 17.3 Å². The van der Waals surface area contributed by atoms with Gasteiger partial charge in [-0.25, -0.2) is 4.98 Å². The summed E-state index contributed by atoms with van der Waals surface area (Å²) < 4.78 is 5.21. The number of rotatable bonds is 9. The Hall–Kier alpha value is -3.46. The van der Waals surface area contributed by atoms with Crippen LogP contribution >= 0.6 is 0 Å². The van der Waals surface area contributed by atoms with Gasteiger partial charge in [-0.05, 0) is 50.7 Å². The number of nitrogens with one attached hydrogen (secondary N) is 3. The first-order valence-corrected chi connectivity index (χ1v) is 9.40. The maximum absolute atomic E-state index is 12.1. The number of amides is 3. The summed E-state index contributed by atoms with van der Waals surface area (Å²) >= 11 is 0. The molecule has 9 heteroatoms. The number of hydrogen-bond acceptors (Lipinski definition) is 6. The lowest BCUT2D eigenvalue weighted by Gasteiger charge is -2.16.